The number of hydrogen-bond acceptors (Lipinski definition) is 5. The quantitative estimate of drug-likeness (QED) is 0.376. The van der Waals surface area contributed by atoms with Crippen LogP contribution >= 0.6 is 0 Å². The second kappa shape index (κ2) is 10.1. The highest BCUT2D eigenvalue weighted by Crippen LogP contribution is 2.22. The van der Waals surface area contributed by atoms with Crippen LogP contribution in [0.4, 0.5) is 11.4 Å². The molecule has 1 unspecified atom stereocenters. The molecule has 0 spiro atoms. The number of aliphatic carboxylic acids is 1. The number of aryl methyl sites for hydroxylation is 1. The van der Waals surface area contributed by atoms with Crippen LogP contribution in [-0.2, 0) is 11.2 Å². The van der Waals surface area contributed by atoms with Gasteiger partial charge in [0.15, 0.2) is 0 Å². The maximum absolute atomic E-state index is 11.7. The van der Waals surface area contributed by atoms with Crippen molar-refractivity contribution in [3.63, 3.8) is 0 Å². The van der Waals surface area contributed by atoms with Gasteiger partial charge in [0.2, 0.25) is 0 Å². The van der Waals surface area contributed by atoms with Crippen molar-refractivity contribution in [1.82, 2.24) is 0 Å². The number of carboxylic acids is 1. The minimum atomic E-state index is -0.889. The lowest BCUT2D eigenvalue weighted by atomic mass is 10.1. The lowest BCUT2D eigenvalue weighted by molar-refractivity contribution is -0.384. The van der Waals surface area contributed by atoms with Crippen molar-refractivity contribution in [2.24, 2.45) is 0 Å². The molecular weight excluding hydrogens is 358 g/mol. The molecule has 0 heterocycles. The first-order valence-electron chi connectivity index (χ1n) is 9.19. The monoisotopic (exact) mass is 381 g/mol. The second-order valence-electron chi connectivity index (χ2n) is 6.50. The molecule has 0 radical (unpaired) electrons. The summed E-state index contributed by atoms with van der Waals surface area (Å²) in [6.45, 7) is 2.38. The molecule has 2 rings (SSSR count). The van der Waals surface area contributed by atoms with E-state index >= 15 is 0 Å². The fraction of sp³-hybridized carbons (Fsp3) is 0.333. The Morgan fingerprint density at radius 3 is 2.54 bits per heavy atom. The largest absolute Gasteiger partial charge is 0.480 e. The summed E-state index contributed by atoms with van der Waals surface area (Å²) in [7, 11) is 0. The predicted octanol–water partition coefficient (Wildman–Crippen LogP) is 4.16. The highest BCUT2D eigenvalue weighted by Gasteiger charge is 2.24. The Labute approximate surface area is 164 Å². The van der Waals surface area contributed by atoms with Gasteiger partial charge in [0.1, 0.15) is 6.04 Å². The number of benzene rings is 2. The average molecular weight is 381 g/mol. The van der Waals surface area contributed by atoms with Crippen molar-refractivity contribution in [3.05, 3.63) is 69.8 Å². The van der Waals surface area contributed by atoms with Crippen LogP contribution in [0.5, 0.6) is 0 Å². The smallest absolute Gasteiger partial charge is 0.326 e. The molecule has 0 fully saturated rings. The molecule has 0 aliphatic heterocycles. The van der Waals surface area contributed by atoms with Crippen molar-refractivity contribution in [3.8, 4) is 6.07 Å². The fourth-order valence-corrected chi connectivity index (χ4v) is 3.14. The highest BCUT2D eigenvalue weighted by molar-refractivity contribution is 5.78. The number of carbonyl (C=O) groups is 1. The first kappa shape index (κ1) is 20.9. The van der Waals surface area contributed by atoms with E-state index in [1.165, 1.54) is 12.1 Å². The van der Waals surface area contributed by atoms with Crippen molar-refractivity contribution >= 4 is 17.3 Å². The van der Waals surface area contributed by atoms with Crippen LogP contribution in [0.2, 0.25) is 0 Å². The van der Waals surface area contributed by atoms with Gasteiger partial charge in [-0.2, -0.15) is 5.26 Å². The van der Waals surface area contributed by atoms with Gasteiger partial charge in [-0.15, -0.1) is 0 Å². The van der Waals surface area contributed by atoms with Gasteiger partial charge in [0.25, 0.3) is 5.69 Å². The number of nitrogens with zero attached hydrogens (tertiary/aromatic N) is 3. The summed E-state index contributed by atoms with van der Waals surface area (Å²) in [6.07, 6.45) is 2.79. The number of anilines is 1. The lowest BCUT2D eigenvalue weighted by Gasteiger charge is -2.30. The maximum Gasteiger partial charge on any atom is 0.326 e. The summed E-state index contributed by atoms with van der Waals surface area (Å²) in [6, 6.07) is 14.9. The topological polar surface area (TPSA) is 107 Å². The number of nitro benzene ring substituents is 1. The van der Waals surface area contributed by atoms with E-state index < -0.39 is 16.9 Å². The summed E-state index contributed by atoms with van der Waals surface area (Å²) >= 11 is 0. The van der Waals surface area contributed by atoms with E-state index in [1.807, 2.05) is 17.9 Å². The molecule has 0 saturated heterocycles. The third-order valence-electron chi connectivity index (χ3n) is 4.62. The molecule has 0 aliphatic carbocycles. The molecule has 0 aliphatic rings. The molecule has 0 bridgehead atoms. The van der Waals surface area contributed by atoms with Gasteiger partial charge in [-0.05, 0) is 49.4 Å². The average Bonchev–Trinajstić information content (AvgIpc) is 2.70. The van der Waals surface area contributed by atoms with Crippen LogP contribution in [0.25, 0.3) is 0 Å². The van der Waals surface area contributed by atoms with Gasteiger partial charge < -0.3 is 10.0 Å². The minimum absolute atomic E-state index is 0.0690. The zero-order chi connectivity index (χ0) is 20.5. The van der Waals surface area contributed by atoms with Gasteiger partial charge in [-0.1, -0.05) is 25.1 Å². The van der Waals surface area contributed by atoms with Crippen LogP contribution in [0, 0.1) is 21.4 Å². The van der Waals surface area contributed by atoms with E-state index in [0.29, 0.717) is 18.5 Å². The Balaban J connectivity index is 2.03. The zero-order valence-corrected chi connectivity index (χ0v) is 15.7. The molecule has 2 aromatic carbocycles. The maximum atomic E-state index is 11.7. The second-order valence-corrected chi connectivity index (χ2v) is 6.50. The van der Waals surface area contributed by atoms with E-state index in [2.05, 4.69) is 6.07 Å². The molecule has 146 valence electrons. The number of nitriles is 1. The Hall–Kier alpha value is -3.40. The van der Waals surface area contributed by atoms with E-state index in [0.717, 1.165) is 30.5 Å². The number of rotatable bonds is 10. The number of hydrogen-bond donors (Lipinski definition) is 1. The SMILES string of the molecule is CCC(C(=O)O)N(CCCCc1ccc([N+](=O)[O-])cc1)c1cccc(C#N)c1. The predicted molar refractivity (Wildman–Crippen MR) is 106 cm³/mol. The van der Waals surface area contributed by atoms with E-state index in [9.17, 15) is 20.0 Å². The van der Waals surface area contributed by atoms with Crippen LogP contribution < -0.4 is 4.90 Å². The van der Waals surface area contributed by atoms with Gasteiger partial charge in [-0.3, -0.25) is 10.1 Å². The van der Waals surface area contributed by atoms with Gasteiger partial charge >= 0.3 is 5.97 Å². The molecule has 0 amide bonds. The van der Waals surface area contributed by atoms with E-state index in [4.69, 9.17) is 5.26 Å². The Kier molecular flexibility index (Phi) is 7.52. The van der Waals surface area contributed by atoms with Gasteiger partial charge in [-0.25, -0.2) is 4.79 Å². The summed E-state index contributed by atoms with van der Waals surface area (Å²) < 4.78 is 0. The number of unbranched alkanes of at least 4 members (excludes halogenated alkanes) is 1. The Morgan fingerprint density at radius 2 is 1.96 bits per heavy atom. The van der Waals surface area contributed by atoms with Crippen molar-refractivity contribution in [1.29, 1.82) is 5.26 Å². The van der Waals surface area contributed by atoms with E-state index in [-0.39, 0.29) is 5.69 Å². The lowest BCUT2D eigenvalue weighted by Crippen LogP contribution is -2.41. The molecule has 2 aromatic rings. The summed E-state index contributed by atoms with van der Waals surface area (Å²) in [4.78, 5) is 23.8. The standard InChI is InChI=1S/C21H23N3O4/c1-2-20(21(25)26)23(19-8-5-7-17(14-19)15-22)13-4-3-6-16-9-11-18(12-10-16)24(27)28/h5,7-12,14,20H,2-4,6,13H2,1H3,(H,25,26). The molecule has 7 nitrogen and oxygen atoms in total. The van der Waals surface area contributed by atoms with Crippen LogP contribution in [-0.4, -0.2) is 28.6 Å². The molecule has 1 N–H and O–H groups in total. The molecule has 28 heavy (non-hydrogen) atoms. The molecule has 0 saturated carbocycles. The number of nitro groups is 1. The fourth-order valence-electron chi connectivity index (χ4n) is 3.14. The minimum Gasteiger partial charge on any atom is -0.480 e. The summed E-state index contributed by atoms with van der Waals surface area (Å²) in [5.41, 5.74) is 2.30. The first-order valence-corrected chi connectivity index (χ1v) is 9.19. The highest BCUT2D eigenvalue weighted by atomic mass is 16.6. The van der Waals surface area contributed by atoms with Crippen molar-refractivity contribution in [2.75, 3.05) is 11.4 Å². The molecular formula is C21H23N3O4. The van der Waals surface area contributed by atoms with Crippen molar-refractivity contribution < 1.29 is 14.8 Å². The van der Waals surface area contributed by atoms with Gasteiger partial charge in [0, 0.05) is 24.4 Å². The summed E-state index contributed by atoms with van der Waals surface area (Å²) in [5, 5.41) is 29.4. The molecule has 0 aromatic heterocycles. The van der Waals surface area contributed by atoms with Crippen molar-refractivity contribution in [2.45, 2.75) is 38.6 Å². The molecule has 7 heteroatoms. The number of non-ortho nitro benzene ring substituents is 1. The first-order chi connectivity index (χ1) is 13.5. The normalized spacial score (nSPS) is 11.4. The zero-order valence-electron chi connectivity index (χ0n) is 15.7. The number of carboxylic acid groups (broad SMARTS) is 1. The van der Waals surface area contributed by atoms with Gasteiger partial charge in [0.05, 0.1) is 16.6 Å². The van der Waals surface area contributed by atoms with E-state index in [1.54, 1.807) is 30.3 Å². The third-order valence-corrected chi connectivity index (χ3v) is 4.62. The Morgan fingerprint density at radius 1 is 1.25 bits per heavy atom. The Bertz CT molecular complexity index is 859. The third kappa shape index (κ3) is 5.55. The van der Waals surface area contributed by atoms with Crippen LogP contribution in [0.1, 0.15) is 37.3 Å². The van der Waals surface area contributed by atoms with Crippen LogP contribution in [0.3, 0.4) is 0 Å². The molecule has 1 atom stereocenters. The summed E-state index contributed by atoms with van der Waals surface area (Å²) in [5.74, 6) is -0.889. The van der Waals surface area contributed by atoms with Crippen LogP contribution in [0.15, 0.2) is 48.5 Å².